The summed E-state index contributed by atoms with van der Waals surface area (Å²) in [6, 6.07) is 0. The second-order valence-corrected chi connectivity index (χ2v) is 1.39. The van der Waals surface area contributed by atoms with Crippen molar-refractivity contribution in [2.45, 2.75) is 0 Å². The highest BCUT2D eigenvalue weighted by Crippen LogP contribution is 1.93. The topological polar surface area (TPSA) is 50.7 Å². The third-order valence-corrected chi connectivity index (χ3v) is 0.881. The maximum atomic E-state index is 3.74. The molecule has 5 heteroatoms. The highest BCUT2D eigenvalue weighted by molar-refractivity contribution is 7.18. The number of hydrogen-bond acceptors (Lipinski definition) is 4. The van der Waals surface area contributed by atoms with Crippen molar-refractivity contribution in [2.75, 3.05) is 5.09 Å². The summed E-state index contributed by atoms with van der Waals surface area (Å²) in [6.45, 7) is 0. The van der Waals surface area contributed by atoms with E-state index >= 15 is 0 Å². The molecule has 0 bridgehead atoms. The lowest BCUT2D eigenvalue weighted by molar-refractivity contribution is 1.06. The minimum absolute atomic E-state index is 0.560. The monoisotopic (exact) mass is 128 g/mol. The quantitative estimate of drug-likeness (QED) is 0.544. The van der Waals surface area contributed by atoms with Crippen LogP contribution in [-0.2, 0) is 0 Å². The molecular formula is C3H5N4P. The van der Waals surface area contributed by atoms with Crippen molar-refractivity contribution in [3.05, 3.63) is 12.7 Å². The highest BCUT2D eigenvalue weighted by atomic mass is 31.0. The third-order valence-electron chi connectivity index (χ3n) is 0.622. The normalized spacial score (nSPS) is 8.62. The van der Waals surface area contributed by atoms with Gasteiger partial charge in [-0.15, -0.1) is 0 Å². The Morgan fingerprint density at radius 3 is 2.38 bits per heavy atom. The maximum absolute atomic E-state index is 3.74. The van der Waals surface area contributed by atoms with Crippen molar-refractivity contribution in [3.63, 3.8) is 0 Å². The van der Waals surface area contributed by atoms with Gasteiger partial charge in [-0.05, 0) is 9.39 Å². The van der Waals surface area contributed by atoms with Gasteiger partial charge in [-0.3, -0.25) is 0 Å². The number of nitrogens with zero attached hydrogens (tertiary/aromatic N) is 3. The Morgan fingerprint density at radius 1 is 1.38 bits per heavy atom. The van der Waals surface area contributed by atoms with Gasteiger partial charge in [-0.25, -0.2) is 15.0 Å². The molecule has 0 saturated carbocycles. The molecule has 0 spiro atoms. The molecule has 4 nitrogen and oxygen atoms in total. The van der Waals surface area contributed by atoms with E-state index in [2.05, 4.69) is 29.4 Å². The number of anilines is 1. The van der Waals surface area contributed by atoms with Gasteiger partial charge >= 0.3 is 0 Å². The van der Waals surface area contributed by atoms with Crippen LogP contribution in [0.5, 0.6) is 0 Å². The van der Waals surface area contributed by atoms with Gasteiger partial charge in [0.25, 0.3) is 0 Å². The maximum Gasteiger partial charge on any atom is 0.228 e. The average molecular weight is 128 g/mol. The smallest absolute Gasteiger partial charge is 0.228 e. The molecule has 1 rings (SSSR count). The zero-order chi connectivity index (χ0) is 5.82. The second kappa shape index (κ2) is 2.52. The molecule has 1 atom stereocenters. The summed E-state index contributed by atoms with van der Waals surface area (Å²) < 4.78 is 0. The summed E-state index contributed by atoms with van der Waals surface area (Å²) in [5.41, 5.74) is 0. The molecule has 8 heavy (non-hydrogen) atoms. The average Bonchev–Trinajstić information content (AvgIpc) is 1.90. The fraction of sp³-hybridized carbons (Fsp3) is 0. The van der Waals surface area contributed by atoms with E-state index in [4.69, 9.17) is 0 Å². The van der Waals surface area contributed by atoms with Crippen LogP contribution >= 0.6 is 9.39 Å². The predicted molar refractivity (Wildman–Crippen MR) is 33.2 cm³/mol. The first-order chi connectivity index (χ1) is 3.93. The zero-order valence-corrected chi connectivity index (χ0v) is 5.23. The lowest BCUT2D eigenvalue weighted by atomic mass is 11.0. The van der Waals surface area contributed by atoms with Crippen LogP contribution in [0.1, 0.15) is 0 Å². The molecule has 42 valence electrons. The first-order valence-electron chi connectivity index (χ1n) is 2.02. The van der Waals surface area contributed by atoms with Gasteiger partial charge < -0.3 is 5.09 Å². The van der Waals surface area contributed by atoms with Crippen LogP contribution in [0.3, 0.4) is 0 Å². The molecule has 0 aliphatic carbocycles. The molecular weight excluding hydrogens is 123 g/mol. The molecule has 0 aliphatic rings. The van der Waals surface area contributed by atoms with Crippen LogP contribution in [0.4, 0.5) is 5.95 Å². The molecule has 0 fully saturated rings. The summed E-state index contributed by atoms with van der Waals surface area (Å²) in [6.07, 6.45) is 2.86. The zero-order valence-electron chi connectivity index (χ0n) is 4.07. The van der Waals surface area contributed by atoms with Gasteiger partial charge in [0.15, 0.2) is 0 Å². The van der Waals surface area contributed by atoms with Crippen LogP contribution in [0.15, 0.2) is 12.7 Å². The molecule has 0 radical (unpaired) electrons. The number of aromatic nitrogens is 3. The summed E-state index contributed by atoms with van der Waals surface area (Å²) >= 11 is 0. The van der Waals surface area contributed by atoms with Crippen molar-refractivity contribution in [1.29, 1.82) is 0 Å². The lowest BCUT2D eigenvalue weighted by Crippen LogP contribution is -1.88. The molecule has 1 heterocycles. The van der Waals surface area contributed by atoms with Crippen molar-refractivity contribution in [1.82, 2.24) is 15.0 Å². The van der Waals surface area contributed by atoms with Crippen molar-refractivity contribution >= 4 is 15.3 Å². The summed E-state index contributed by atoms with van der Waals surface area (Å²) in [4.78, 5) is 11.1. The molecule has 0 aromatic carbocycles. The summed E-state index contributed by atoms with van der Waals surface area (Å²) in [5, 5.41) is 2.68. The van der Waals surface area contributed by atoms with E-state index < -0.39 is 0 Å². The van der Waals surface area contributed by atoms with Gasteiger partial charge in [0.2, 0.25) is 5.95 Å². The van der Waals surface area contributed by atoms with Crippen molar-refractivity contribution in [3.8, 4) is 0 Å². The van der Waals surface area contributed by atoms with Crippen LogP contribution in [0, 0.1) is 0 Å². The minimum Gasteiger partial charge on any atom is -0.339 e. The standard InChI is InChI=1S/C3H5N4P/c8-7-3-5-1-4-2-6-3/h1-2H,8H2,(H,4,5,6,7). The molecule has 1 N–H and O–H groups in total. The van der Waals surface area contributed by atoms with E-state index in [1.165, 1.54) is 12.7 Å². The summed E-state index contributed by atoms with van der Waals surface area (Å²) in [7, 11) is 2.29. The van der Waals surface area contributed by atoms with Crippen molar-refractivity contribution in [2.24, 2.45) is 0 Å². The Bertz CT molecular complexity index is 153. The van der Waals surface area contributed by atoms with Gasteiger partial charge in [0, 0.05) is 0 Å². The third kappa shape index (κ3) is 1.10. The van der Waals surface area contributed by atoms with Crippen LogP contribution in [0.2, 0.25) is 0 Å². The molecule has 0 amide bonds. The summed E-state index contributed by atoms with van der Waals surface area (Å²) in [5.74, 6) is 0.560. The fourth-order valence-corrected chi connectivity index (χ4v) is 0.463. The lowest BCUT2D eigenvalue weighted by Gasteiger charge is -1.90. The largest absolute Gasteiger partial charge is 0.339 e. The number of hydrogen-bond donors (Lipinski definition) is 1. The van der Waals surface area contributed by atoms with E-state index in [0.717, 1.165) is 0 Å². The first kappa shape index (κ1) is 5.38. The SMILES string of the molecule is PNc1ncncn1. The predicted octanol–water partition coefficient (Wildman–Crippen LogP) is 0.0736. The Morgan fingerprint density at radius 2 is 2.00 bits per heavy atom. The van der Waals surface area contributed by atoms with E-state index in [9.17, 15) is 0 Å². The highest BCUT2D eigenvalue weighted by Gasteiger charge is 1.82. The van der Waals surface area contributed by atoms with Gasteiger partial charge in [0.05, 0.1) is 0 Å². The molecule has 1 unspecified atom stereocenters. The van der Waals surface area contributed by atoms with Gasteiger partial charge in [-0.2, -0.15) is 0 Å². The fourth-order valence-electron chi connectivity index (χ4n) is 0.314. The van der Waals surface area contributed by atoms with Crippen LogP contribution < -0.4 is 5.09 Å². The van der Waals surface area contributed by atoms with Gasteiger partial charge in [-0.1, -0.05) is 0 Å². The molecule has 0 saturated heterocycles. The number of rotatable bonds is 1. The van der Waals surface area contributed by atoms with E-state index in [1.807, 2.05) is 0 Å². The van der Waals surface area contributed by atoms with E-state index in [-0.39, 0.29) is 0 Å². The Hall–Kier alpha value is -0.760. The van der Waals surface area contributed by atoms with Crippen LogP contribution in [0.25, 0.3) is 0 Å². The van der Waals surface area contributed by atoms with Crippen LogP contribution in [-0.4, -0.2) is 15.0 Å². The number of nitrogens with one attached hydrogen (secondary N) is 1. The van der Waals surface area contributed by atoms with E-state index in [0.29, 0.717) is 5.95 Å². The van der Waals surface area contributed by atoms with Gasteiger partial charge in [0.1, 0.15) is 12.7 Å². The Balaban J connectivity index is 2.83. The Kier molecular flexibility index (Phi) is 1.70. The second-order valence-electron chi connectivity index (χ2n) is 1.11. The first-order valence-corrected chi connectivity index (χ1v) is 2.60. The minimum atomic E-state index is 0.560. The molecule has 1 aromatic rings. The van der Waals surface area contributed by atoms with E-state index in [1.54, 1.807) is 0 Å². The molecule has 0 aliphatic heterocycles. The van der Waals surface area contributed by atoms with Crippen molar-refractivity contribution < 1.29 is 0 Å². The Labute approximate surface area is 49.0 Å². The molecule has 1 aromatic heterocycles.